The molecule has 3 rings (SSSR count). The Morgan fingerprint density at radius 1 is 1.43 bits per heavy atom. The standard InChI is InChI=1S/C17H20N4O2/c1-3-21(17(22)23-2)14-4-5-16-15(9-14)12(6-7-19-16)8-13-10-18-11-20-13/h4-6,9-11,19H,3,7-8H2,1-2H3,(H,18,20). The molecule has 1 aromatic carbocycles. The molecule has 0 fully saturated rings. The number of carbonyl (C=O) groups is 1. The fourth-order valence-corrected chi connectivity index (χ4v) is 2.80. The van der Waals surface area contributed by atoms with Gasteiger partial charge in [0.05, 0.1) is 13.4 Å². The van der Waals surface area contributed by atoms with Crippen LogP contribution in [-0.2, 0) is 11.2 Å². The average Bonchev–Trinajstić information content (AvgIpc) is 3.09. The maximum Gasteiger partial charge on any atom is 0.413 e. The van der Waals surface area contributed by atoms with Gasteiger partial charge in [0.15, 0.2) is 0 Å². The van der Waals surface area contributed by atoms with Crippen LogP contribution in [0.25, 0.3) is 5.57 Å². The Bertz CT molecular complexity index is 722. The Morgan fingerprint density at radius 2 is 2.30 bits per heavy atom. The maximum absolute atomic E-state index is 11.9. The van der Waals surface area contributed by atoms with Gasteiger partial charge in [0.2, 0.25) is 0 Å². The van der Waals surface area contributed by atoms with Crippen LogP contribution in [0.1, 0.15) is 18.2 Å². The summed E-state index contributed by atoms with van der Waals surface area (Å²) in [5.41, 5.74) is 5.29. The number of hydrogen-bond acceptors (Lipinski definition) is 4. The van der Waals surface area contributed by atoms with Gasteiger partial charge in [0.25, 0.3) is 0 Å². The minimum atomic E-state index is -0.352. The van der Waals surface area contributed by atoms with Crippen LogP contribution in [0.5, 0.6) is 0 Å². The molecule has 2 heterocycles. The third kappa shape index (κ3) is 3.06. The van der Waals surface area contributed by atoms with Gasteiger partial charge < -0.3 is 15.0 Å². The number of amides is 1. The molecule has 6 nitrogen and oxygen atoms in total. The van der Waals surface area contributed by atoms with Gasteiger partial charge in [0, 0.05) is 48.3 Å². The molecule has 23 heavy (non-hydrogen) atoms. The number of H-pyrrole nitrogens is 1. The number of methoxy groups -OCH3 is 1. The number of allylic oxidation sites excluding steroid dienone is 1. The summed E-state index contributed by atoms with van der Waals surface area (Å²) in [7, 11) is 1.40. The number of anilines is 2. The fraction of sp³-hybridized carbons (Fsp3) is 0.294. The number of nitrogens with zero attached hydrogens (tertiary/aromatic N) is 2. The zero-order valence-electron chi connectivity index (χ0n) is 13.3. The normalized spacial score (nSPS) is 12.9. The highest BCUT2D eigenvalue weighted by Crippen LogP contribution is 2.33. The van der Waals surface area contributed by atoms with Crippen LogP contribution in [0.3, 0.4) is 0 Å². The molecule has 0 saturated heterocycles. The first kappa shape index (κ1) is 15.1. The summed E-state index contributed by atoms with van der Waals surface area (Å²) in [4.78, 5) is 20.7. The lowest BCUT2D eigenvalue weighted by Gasteiger charge is -2.24. The molecular weight excluding hydrogens is 292 g/mol. The predicted octanol–water partition coefficient (Wildman–Crippen LogP) is 3.05. The molecule has 2 N–H and O–H groups in total. The van der Waals surface area contributed by atoms with E-state index in [4.69, 9.17) is 4.74 Å². The predicted molar refractivity (Wildman–Crippen MR) is 90.6 cm³/mol. The summed E-state index contributed by atoms with van der Waals surface area (Å²) >= 11 is 0. The largest absolute Gasteiger partial charge is 0.452 e. The molecule has 1 aliphatic heterocycles. The van der Waals surface area contributed by atoms with Crippen molar-refractivity contribution in [2.24, 2.45) is 0 Å². The smallest absolute Gasteiger partial charge is 0.413 e. The van der Waals surface area contributed by atoms with E-state index in [1.165, 1.54) is 12.7 Å². The number of rotatable bonds is 4. The Kier molecular flexibility index (Phi) is 4.32. The van der Waals surface area contributed by atoms with Crippen molar-refractivity contribution in [1.29, 1.82) is 0 Å². The first-order valence-electron chi connectivity index (χ1n) is 7.63. The van der Waals surface area contributed by atoms with Crippen LogP contribution < -0.4 is 10.2 Å². The maximum atomic E-state index is 11.9. The number of benzene rings is 1. The molecule has 6 heteroatoms. The summed E-state index contributed by atoms with van der Waals surface area (Å²) in [5.74, 6) is 0. The topological polar surface area (TPSA) is 70.2 Å². The minimum absolute atomic E-state index is 0.352. The zero-order chi connectivity index (χ0) is 16.2. The summed E-state index contributed by atoms with van der Waals surface area (Å²) in [5, 5.41) is 3.36. The molecule has 120 valence electrons. The van der Waals surface area contributed by atoms with Gasteiger partial charge in [-0.2, -0.15) is 0 Å². The average molecular weight is 312 g/mol. The molecular formula is C17H20N4O2. The number of nitrogens with one attached hydrogen (secondary N) is 2. The van der Waals surface area contributed by atoms with E-state index in [2.05, 4.69) is 21.4 Å². The van der Waals surface area contributed by atoms with Crippen molar-refractivity contribution >= 4 is 23.0 Å². The van der Waals surface area contributed by atoms with E-state index in [1.807, 2.05) is 31.3 Å². The third-order valence-electron chi connectivity index (χ3n) is 3.95. The number of ether oxygens (including phenoxy) is 1. The zero-order valence-corrected chi connectivity index (χ0v) is 13.3. The first-order valence-corrected chi connectivity index (χ1v) is 7.63. The van der Waals surface area contributed by atoms with E-state index in [0.29, 0.717) is 6.54 Å². The molecule has 0 aliphatic carbocycles. The van der Waals surface area contributed by atoms with E-state index >= 15 is 0 Å². The van der Waals surface area contributed by atoms with Gasteiger partial charge in [-0.15, -0.1) is 0 Å². The fourth-order valence-electron chi connectivity index (χ4n) is 2.80. The van der Waals surface area contributed by atoms with E-state index in [9.17, 15) is 4.79 Å². The van der Waals surface area contributed by atoms with Crippen LogP contribution in [0.15, 0.2) is 36.8 Å². The number of imidazole rings is 1. The molecule has 1 amide bonds. The van der Waals surface area contributed by atoms with Gasteiger partial charge in [0.1, 0.15) is 0 Å². The number of fused-ring (bicyclic) bond motifs is 1. The van der Waals surface area contributed by atoms with Gasteiger partial charge >= 0.3 is 6.09 Å². The Balaban J connectivity index is 1.94. The number of aromatic nitrogens is 2. The Morgan fingerprint density at radius 3 is 3.00 bits per heavy atom. The molecule has 0 bridgehead atoms. The summed E-state index contributed by atoms with van der Waals surface area (Å²) in [6, 6.07) is 5.98. The van der Waals surface area contributed by atoms with Gasteiger partial charge in [-0.1, -0.05) is 6.08 Å². The Hall–Kier alpha value is -2.76. The summed E-state index contributed by atoms with van der Waals surface area (Å²) in [6.45, 7) is 3.28. The molecule has 0 saturated carbocycles. The number of aromatic amines is 1. The molecule has 0 unspecified atom stereocenters. The molecule has 0 radical (unpaired) electrons. The molecule has 0 atom stereocenters. The van der Waals surface area contributed by atoms with Crippen LogP contribution in [0.4, 0.5) is 16.2 Å². The van der Waals surface area contributed by atoms with Crippen molar-refractivity contribution < 1.29 is 9.53 Å². The first-order chi connectivity index (χ1) is 11.2. The van der Waals surface area contributed by atoms with Crippen LogP contribution in [-0.4, -0.2) is 36.3 Å². The second-order valence-corrected chi connectivity index (χ2v) is 5.31. The third-order valence-corrected chi connectivity index (χ3v) is 3.95. The van der Waals surface area contributed by atoms with Gasteiger partial charge in [-0.05, 0) is 30.7 Å². The molecule has 0 spiro atoms. The highest BCUT2D eigenvalue weighted by atomic mass is 16.5. The van der Waals surface area contributed by atoms with Crippen molar-refractivity contribution in [3.05, 3.63) is 48.1 Å². The lowest BCUT2D eigenvalue weighted by atomic mass is 9.96. The van der Waals surface area contributed by atoms with Crippen LogP contribution in [0.2, 0.25) is 0 Å². The SMILES string of the molecule is CCN(C(=O)OC)c1ccc2c(c1)C(Cc1cnc[nH]1)=CCN2. The van der Waals surface area contributed by atoms with Crippen LogP contribution in [0, 0.1) is 0 Å². The van der Waals surface area contributed by atoms with E-state index in [0.717, 1.165) is 35.6 Å². The second kappa shape index (κ2) is 6.56. The van der Waals surface area contributed by atoms with E-state index < -0.39 is 0 Å². The van der Waals surface area contributed by atoms with Crippen molar-refractivity contribution in [3.8, 4) is 0 Å². The van der Waals surface area contributed by atoms with Crippen molar-refractivity contribution in [3.63, 3.8) is 0 Å². The highest BCUT2D eigenvalue weighted by Gasteiger charge is 2.19. The van der Waals surface area contributed by atoms with Crippen LogP contribution >= 0.6 is 0 Å². The van der Waals surface area contributed by atoms with Gasteiger partial charge in [-0.25, -0.2) is 9.78 Å². The van der Waals surface area contributed by atoms with Crippen molar-refractivity contribution in [1.82, 2.24) is 9.97 Å². The summed E-state index contributed by atoms with van der Waals surface area (Å²) in [6.07, 6.45) is 6.11. The highest BCUT2D eigenvalue weighted by molar-refractivity contribution is 5.90. The van der Waals surface area contributed by atoms with Gasteiger partial charge in [-0.3, -0.25) is 4.90 Å². The van der Waals surface area contributed by atoms with Crippen molar-refractivity contribution in [2.45, 2.75) is 13.3 Å². The molecule has 1 aromatic heterocycles. The van der Waals surface area contributed by atoms with E-state index in [1.54, 1.807) is 11.2 Å². The minimum Gasteiger partial charge on any atom is -0.452 e. The number of hydrogen-bond donors (Lipinski definition) is 2. The summed E-state index contributed by atoms with van der Waals surface area (Å²) < 4.78 is 4.86. The second-order valence-electron chi connectivity index (χ2n) is 5.31. The quantitative estimate of drug-likeness (QED) is 0.910. The molecule has 2 aromatic rings. The van der Waals surface area contributed by atoms with E-state index in [-0.39, 0.29) is 6.09 Å². The molecule has 1 aliphatic rings. The number of carbonyl (C=O) groups excluding carboxylic acids is 1. The lowest BCUT2D eigenvalue weighted by molar-refractivity contribution is 0.179. The lowest BCUT2D eigenvalue weighted by Crippen LogP contribution is -2.30. The van der Waals surface area contributed by atoms with Crippen molar-refractivity contribution in [2.75, 3.05) is 30.4 Å². The monoisotopic (exact) mass is 312 g/mol. The Labute approximate surface area is 135 Å².